The summed E-state index contributed by atoms with van der Waals surface area (Å²) in [7, 11) is 2.00. The van der Waals surface area contributed by atoms with Crippen LogP contribution in [0.4, 0.5) is 0 Å². The summed E-state index contributed by atoms with van der Waals surface area (Å²) in [5.41, 5.74) is 0. The molecule has 2 unspecified atom stereocenters. The summed E-state index contributed by atoms with van der Waals surface area (Å²) in [6, 6.07) is 0. The molecule has 0 spiro atoms. The second-order valence-corrected chi connectivity index (χ2v) is 10.4. The molecule has 0 bridgehead atoms. The molecule has 2 atom stereocenters. The van der Waals surface area contributed by atoms with Crippen molar-refractivity contribution < 1.29 is 0 Å². The second-order valence-electron chi connectivity index (χ2n) is 5.68. The molecule has 2 fully saturated rings. The molecule has 2 rings (SSSR count). The van der Waals surface area contributed by atoms with Crippen LogP contribution in [0.5, 0.6) is 0 Å². The highest BCUT2D eigenvalue weighted by Crippen LogP contribution is 2.32. The van der Waals surface area contributed by atoms with Crippen molar-refractivity contribution >= 4 is 45.5 Å². The van der Waals surface area contributed by atoms with Gasteiger partial charge in [0, 0.05) is 0 Å². The Morgan fingerprint density at radius 1 is 0.611 bits per heavy atom. The van der Waals surface area contributed by atoms with Crippen molar-refractivity contribution in [1.82, 2.24) is 0 Å². The Morgan fingerprint density at radius 2 is 0.944 bits per heavy atom. The smallest absolute Gasteiger partial charge is 0.0226 e. The van der Waals surface area contributed by atoms with Gasteiger partial charge in [0.1, 0.15) is 0 Å². The first-order valence-electron chi connectivity index (χ1n) is 7.53. The van der Waals surface area contributed by atoms with Crippen LogP contribution in [0.1, 0.15) is 64.2 Å². The van der Waals surface area contributed by atoms with Gasteiger partial charge >= 0.3 is 0 Å². The molecular weight excluding hydrogens is 390 g/mol. The van der Waals surface area contributed by atoms with Gasteiger partial charge in [0.25, 0.3) is 0 Å². The van der Waals surface area contributed by atoms with Crippen molar-refractivity contribution in [1.29, 1.82) is 0 Å². The summed E-state index contributed by atoms with van der Waals surface area (Å²) in [5.74, 6) is 2.13. The molecule has 2 aliphatic carbocycles. The predicted molar refractivity (Wildman–Crippen MR) is 97.4 cm³/mol. The van der Waals surface area contributed by atoms with Gasteiger partial charge in [0.2, 0.25) is 0 Å². The summed E-state index contributed by atoms with van der Waals surface area (Å²) in [5, 5.41) is 0. The molecule has 0 aromatic heterocycles. The van der Waals surface area contributed by atoms with E-state index in [1.165, 1.54) is 76.5 Å². The lowest BCUT2D eigenvalue weighted by molar-refractivity contribution is 0.390. The highest BCUT2D eigenvalue weighted by molar-refractivity contribution is 9.37. The van der Waals surface area contributed by atoms with E-state index in [1.54, 1.807) is 0 Å². The topological polar surface area (TPSA) is 0 Å². The zero-order valence-electron chi connectivity index (χ0n) is 11.4. The van der Waals surface area contributed by atoms with E-state index < -0.39 is 0 Å². The van der Waals surface area contributed by atoms with Gasteiger partial charge in [-0.2, -0.15) is 0 Å². The molecule has 0 heterocycles. The molecule has 0 aromatic rings. The Morgan fingerprint density at radius 3 is 1.22 bits per heavy atom. The predicted octanol–water partition coefficient (Wildman–Crippen LogP) is 7.11. The molecule has 0 nitrogen and oxygen atoms in total. The maximum atomic E-state index is 3.51. The minimum absolute atomic E-state index is 1.00. The lowest BCUT2D eigenvalue weighted by atomic mass is 9.91. The van der Waals surface area contributed by atoms with Crippen LogP contribution >= 0.6 is 45.5 Å². The van der Waals surface area contributed by atoms with Crippen LogP contribution in [-0.4, -0.2) is 12.3 Å². The zero-order chi connectivity index (χ0) is 13.1. The molecule has 0 N–H and O–H groups in total. The van der Waals surface area contributed by atoms with Crippen molar-refractivity contribution in [3.63, 3.8) is 0 Å². The van der Waals surface area contributed by atoms with Gasteiger partial charge in [-0.05, 0) is 38.7 Å². The summed E-state index contributed by atoms with van der Waals surface area (Å²) in [6.45, 7) is 0. The van der Waals surface area contributed by atoms with Crippen LogP contribution in [-0.2, 0) is 0 Å². The van der Waals surface area contributed by atoms with Gasteiger partial charge in [-0.25, -0.2) is 0 Å². The average molecular weight is 418 g/mol. The van der Waals surface area contributed by atoms with Crippen molar-refractivity contribution in [2.75, 3.05) is 12.3 Å². The molecule has 0 aliphatic heterocycles. The molecule has 2 aliphatic rings. The first kappa shape index (κ1) is 17.9. The van der Waals surface area contributed by atoms with E-state index in [9.17, 15) is 0 Å². The molecule has 0 amide bonds. The first-order valence-corrected chi connectivity index (χ1v) is 14.5. The Hall–Kier alpha value is 1.82. The summed E-state index contributed by atoms with van der Waals surface area (Å²) in [4.78, 5) is 0. The second kappa shape index (κ2) is 12.6. The van der Waals surface area contributed by atoms with Gasteiger partial charge in [-0.1, -0.05) is 95.2 Å². The van der Waals surface area contributed by atoms with Crippen molar-refractivity contribution in [2.24, 2.45) is 11.8 Å². The van der Waals surface area contributed by atoms with Crippen molar-refractivity contribution in [3.05, 3.63) is 0 Å². The third kappa shape index (κ3) is 8.89. The highest BCUT2D eigenvalue weighted by Gasteiger charge is 2.12. The van der Waals surface area contributed by atoms with Gasteiger partial charge in [0.05, 0.1) is 0 Å². The average Bonchev–Trinajstić information content (AvgIpc) is 2.43. The standard InChI is InChI=1S/2C7H14BrP/c2*8-9-6-7-4-2-1-3-5-7/h2*7,9H,1-6H2. The lowest BCUT2D eigenvalue weighted by Crippen LogP contribution is -2.06. The zero-order valence-corrected chi connectivity index (χ0v) is 16.6. The Labute approximate surface area is 133 Å². The van der Waals surface area contributed by atoms with Crippen LogP contribution < -0.4 is 0 Å². The van der Waals surface area contributed by atoms with Crippen LogP contribution in [0, 0.1) is 11.8 Å². The van der Waals surface area contributed by atoms with Crippen LogP contribution in [0.25, 0.3) is 0 Å². The molecule has 108 valence electrons. The molecule has 4 heteroatoms. The third-order valence-corrected chi connectivity index (χ3v) is 7.59. The minimum atomic E-state index is 1.00. The largest absolute Gasteiger partial charge is 0.0642 e. The van der Waals surface area contributed by atoms with E-state index in [0.29, 0.717) is 0 Å². The first-order chi connectivity index (χ1) is 8.86. The molecule has 18 heavy (non-hydrogen) atoms. The molecule has 2 saturated carbocycles. The molecule has 0 saturated heterocycles. The van der Waals surface area contributed by atoms with E-state index in [-0.39, 0.29) is 0 Å². The maximum absolute atomic E-state index is 3.51. The van der Waals surface area contributed by atoms with Crippen molar-refractivity contribution in [3.8, 4) is 0 Å². The van der Waals surface area contributed by atoms with Gasteiger partial charge < -0.3 is 0 Å². The fourth-order valence-corrected chi connectivity index (χ4v) is 7.00. The third-order valence-electron chi connectivity index (χ3n) is 4.18. The van der Waals surface area contributed by atoms with Gasteiger partial charge in [0.15, 0.2) is 0 Å². The number of hydrogen-bond donors (Lipinski definition) is 0. The maximum Gasteiger partial charge on any atom is -0.0226 e. The van der Waals surface area contributed by atoms with Crippen LogP contribution in [0.2, 0.25) is 0 Å². The van der Waals surface area contributed by atoms with E-state index >= 15 is 0 Å². The number of halogens is 2. The van der Waals surface area contributed by atoms with Gasteiger partial charge in [-0.15, -0.1) is 0 Å². The van der Waals surface area contributed by atoms with Crippen LogP contribution in [0.3, 0.4) is 0 Å². The molecular formula is C14H28Br2P2. The molecule has 0 radical (unpaired) electrons. The summed E-state index contributed by atoms with van der Waals surface area (Å²) < 4.78 is 0. The van der Waals surface area contributed by atoms with E-state index in [0.717, 1.165) is 26.4 Å². The quantitative estimate of drug-likeness (QED) is 0.427. The Kier molecular flexibility index (Phi) is 12.5. The fourth-order valence-electron chi connectivity index (χ4n) is 3.00. The summed E-state index contributed by atoms with van der Waals surface area (Å²) in [6.07, 6.45) is 17.8. The highest BCUT2D eigenvalue weighted by atomic mass is 79.9. The Bertz CT molecular complexity index is 153. The van der Waals surface area contributed by atoms with Crippen molar-refractivity contribution in [2.45, 2.75) is 64.2 Å². The lowest BCUT2D eigenvalue weighted by Gasteiger charge is -2.19. The summed E-state index contributed by atoms with van der Waals surface area (Å²) >= 11 is 7.03. The normalized spacial score (nSPS) is 23.7. The van der Waals surface area contributed by atoms with Gasteiger partial charge in [-0.3, -0.25) is 0 Å². The SMILES string of the molecule is BrPCC1CCCCC1.BrPCC1CCCCC1. The fraction of sp³-hybridized carbons (Fsp3) is 1.00. The Balaban J connectivity index is 0.000000180. The van der Waals surface area contributed by atoms with E-state index in [1.807, 2.05) is 0 Å². The minimum Gasteiger partial charge on any atom is -0.0642 e. The van der Waals surface area contributed by atoms with E-state index in [2.05, 4.69) is 31.0 Å². The number of hydrogen-bond acceptors (Lipinski definition) is 0. The monoisotopic (exact) mass is 416 g/mol. The number of rotatable bonds is 4. The van der Waals surface area contributed by atoms with E-state index in [4.69, 9.17) is 0 Å². The van der Waals surface area contributed by atoms with Crippen LogP contribution in [0.15, 0.2) is 0 Å². The molecule has 0 aromatic carbocycles.